The molecule has 0 aromatic carbocycles. The highest BCUT2D eigenvalue weighted by Crippen LogP contribution is 2.20. The van der Waals surface area contributed by atoms with Gasteiger partial charge in [0.05, 0.1) is 16.5 Å². The van der Waals surface area contributed by atoms with Crippen LogP contribution in [-0.4, -0.2) is 45.8 Å². The Bertz CT molecular complexity index is 570. The predicted octanol–water partition coefficient (Wildman–Crippen LogP) is 2.22. The van der Waals surface area contributed by atoms with Crippen LogP contribution in [0.15, 0.2) is 0 Å². The van der Waals surface area contributed by atoms with Crippen LogP contribution in [0.1, 0.15) is 40.1 Å². The molecule has 0 spiro atoms. The van der Waals surface area contributed by atoms with Crippen LogP contribution in [0.2, 0.25) is 0 Å². The van der Waals surface area contributed by atoms with E-state index in [2.05, 4.69) is 17.2 Å². The average Bonchev–Trinajstić information content (AvgIpc) is 3.01. The van der Waals surface area contributed by atoms with Crippen LogP contribution in [0.5, 0.6) is 0 Å². The van der Waals surface area contributed by atoms with E-state index in [1.807, 2.05) is 6.92 Å². The molecule has 0 bridgehead atoms. The molecule has 2 rings (SSSR count). The summed E-state index contributed by atoms with van der Waals surface area (Å²) in [6, 6.07) is 0. The van der Waals surface area contributed by atoms with Crippen LogP contribution in [0.4, 0.5) is 4.79 Å². The van der Waals surface area contributed by atoms with Gasteiger partial charge >= 0.3 is 0 Å². The molecular formula is C14H19N3O3S2. The number of carbonyl (C=O) groups is 3. The number of thiazole rings is 1. The van der Waals surface area contributed by atoms with Crippen LogP contribution in [0.3, 0.4) is 0 Å². The Morgan fingerprint density at radius 2 is 2.18 bits per heavy atom. The van der Waals surface area contributed by atoms with E-state index in [9.17, 15) is 14.4 Å². The first-order valence-corrected chi connectivity index (χ1v) is 9.04. The largest absolute Gasteiger partial charge is 0.349 e. The smallest absolute Gasteiger partial charge is 0.288 e. The molecule has 0 aliphatic carbocycles. The van der Waals surface area contributed by atoms with Gasteiger partial charge in [-0.3, -0.25) is 19.3 Å². The second-order valence-electron chi connectivity index (χ2n) is 4.98. The van der Waals surface area contributed by atoms with E-state index in [4.69, 9.17) is 0 Å². The summed E-state index contributed by atoms with van der Waals surface area (Å²) < 4.78 is 0. The minimum atomic E-state index is -0.241. The fraction of sp³-hybridized carbons (Fsp3) is 0.571. The Hall–Kier alpha value is -1.41. The van der Waals surface area contributed by atoms with Gasteiger partial charge in [0.2, 0.25) is 5.91 Å². The van der Waals surface area contributed by atoms with E-state index >= 15 is 0 Å². The van der Waals surface area contributed by atoms with Crippen LogP contribution in [0.25, 0.3) is 0 Å². The molecule has 0 radical (unpaired) electrons. The molecule has 22 heavy (non-hydrogen) atoms. The first-order valence-electron chi connectivity index (χ1n) is 7.24. The van der Waals surface area contributed by atoms with Crippen LogP contribution >= 0.6 is 23.1 Å². The number of carbonyl (C=O) groups excluding carboxylic acids is 3. The molecule has 1 aliphatic heterocycles. The number of aryl methyl sites for hydroxylation is 2. The lowest BCUT2D eigenvalue weighted by atomic mass is 10.3. The van der Waals surface area contributed by atoms with Crippen molar-refractivity contribution in [3.8, 4) is 0 Å². The minimum Gasteiger partial charge on any atom is -0.349 e. The molecule has 0 saturated carbocycles. The molecule has 3 amide bonds. The first kappa shape index (κ1) is 17.0. The highest BCUT2D eigenvalue weighted by molar-refractivity contribution is 8.14. The van der Waals surface area contributed by atoms with Crippen molar-refractivity contribution in [2.75, 3.05) is 18.8 Å². The topological polar surface area (TPSA) is 79.4 Å². The summed E-state index contributed by atoms with van der Waals surface area (Å²) in [5, 5.41) is 3.49. The van der Waals surface area contributed by atoms with Gasteiger partial charge in [0.25, 0.3) is 11.1 Å². The fourth-order valence-electron chi connectivity index (χ4n) is 2.06. The molecule has 1 saturated heterocycles. The highest BCUT2D eigenvalue weighted by Gasteiger charge is 2.29. The Morgan fingerprint density at radius 3 is 2.82 bits per heavy atom. The van der Waals surface area contributed by atoms with Crippen LogP contribution in [-0.2, 0) is 11.2 Å². The van der Waals surface area contributed by atoms with Gasteiger partial charge in [0.15, 0.2) is 0 Å². The lowest BCUT2D eigenvalue weighted by molar-refractivity contribution is -0.124. The van der Waals surface area contributed by atoms with Gasteiger partial charge in [-0.2, -0.15) is 0 Å². The van der Waals surface area contributed by atoms with Gasteiger partial charge in [-0.15, -0.1) is 11.3 Å². The number of unbranched alkanes of at least 4 members (excludes halogenated alkanes) is 1. The van der Waals surface area contributed by atoms with Gasteiger partial charge in [-0.25, -0.2) is 4.98 Å². The number of nitrogens with one attached hydrogen (secondary N) is 1. The zero-order chi connectivity index (χ0) is 16.1. The zero-order valence-corrected chi connectivity index (χ0v) is 14.3. The predicted molar refractivity (Wildman–Crippen MR) is 87.4 cm³/mol. The molecule has 1 fully saturated rings. The molecule has 1 N–H and O–H groups in total. The van der Waals surface area contributed by atoms with E-state index in [1.165, 1.54) is 16.2 Å². The molecule has 1 aromatic rings. The fourth-order valence-corrected chi connectivity index (χ4v) is 3.83. The summed E-state index contributed by atoms with van der Waals surface area (Å²) in [4.78, 5) is 41.2. The van der Waals surface area contributed by atoms with Gasteiger partial charge in [0, 0.05) is 13.1 Å². The van der Waals surface area contributed by atoms with Gasteiger partial charge in [-0.1, -0.05) is 25.1 Å². The Labute approximate surface area is 137 Å². The number of hydrogen-bond acceptors (Lipinski definition) is 6. The van der Waals surface area contributed by atoms with Gasteiger partial charge in [-0.05, 0) is 19.8 Å². The molecule has 2 heterocycles. The van der Waals surface area contributed by atoms with Crippen molar-refractivity contribution in [3.63, 3.8) is 0 Å². The summed E-state index contributed by atoms with van der Waals surface area (Å²) in [6.07, 6.45) is 3.05. The molecule has 0 atom stereocenters. The monoisotopic (exact) mass is 341 g/mol. The third-order valence-electron chi connectivity index (χ3n) is 3.25. The Morgan fingerprint density at radius 1 is 1.41 bits per heavy atom. The maximum atomic E-state index is 12.2. The Kier molecular flexibility index (Phi) is 5.96. The third kappa shape index (κ3) is 4.07. The van der Waals surface area contributed by atoms with E-state index in [1.54, 1.807) is 0 Å². The summed E-state index contributed by atoms with van der Waals surface area (Å²) >= 11 is 2.42. The van der Waals surface area contributed by atoms with Crippen molar-refractivity contribution in [3.05, 3.63) is 15.6 Å². The molecule has 0 unspecified atom stereocenters. The number of imide groups is 1. The SMILES string of the molecule is CCCCc1nc(C)c(C(=O)NCCN2C(=O)CSC2=O)s1. The number of amides is 3. The number of rotatable bonds is 7. The minimum absolute atomic E-state index is 0.190. The van der Waals surface area contributed by atoms with E-state index in [-0.39, 0.29) is 35.9 Å². The van der Waals surface area contributed by atoms with E-state index in [0.29, 0.717) is 4.88 Å². The highest BCUT2D eigenvalue weighted by atomic mass is 32.2. The third-order valence-corrected chi connectivity index (χ3v) is 5.33. The lowest BCUT2D eigenvalue weighted by Gasteiger charge is -2.12. The quantitative estimate of drug-likeness (QED) is 0.822. The molecule has 6 nitrogen and oxygen atoms in total. The maximum absolute atomic E-state index is 12.2. The number of thioether (sulfide) groups is 1. The second-order valence-corrected chi connectivity index (χ2v) is 6.99. The van der Waals surface area contributed by atoms with Crippen molar-refractivity contribution >= 4 is 40.2 Å². The lowest BCUT2D eigenvalue weighted by Crippen LogP contribution is -2.37. The van der Waals surface area contributed by atoms with Crippen molar-refractivity contribution in [1.82, 2.24) is 15.2 Å². The van der Waals surface area contributed by atoms with E-state index in [0.717, 1.165) is 41.7 Å². The number of nitrogens with zero attached hydrogens (tertiary/aromatic N) is 2. The summed E-state index contributed by atoms with van der Waals surface area (Å²) in [7, 11) is 0. The molecule has 1 aromatic heterocycles. The van der Waals surface area contributed by atoms with E-state index < -0.39 is 0 Å². The second kappa shape index (κ2) is 7.73. The van der Waals surface area contributed by atoms with Crippen LogP contribution in [0, 0.1) is 6.92 Å². The number of aromatic nitrogens is 1. The number of hydrogen-bond donors (Lipinski definition) is 1. The van der Waals surface area contributed by atoms with Crippen molar-refractivity contribution in [2.24, 2.45) is 0 Å². The zero-order valence-electron chi connectivity index (χ0n) is 12.7. The maximum Gasteiger partial charge on any atom is 0.288 e. The first-order chi connectivity index (χ1) is 10.5. The standard InChI is InChI=1S/C14H19N3O3S2/c1-3-4-5-10-16-9(2)12(22-10)13(19)15-6-7-17-11(18)8-21-14(17)20/h3-8H2,1-2H3,(H,15,19). The summed E-state index contributed by atoms with van der Waals surface area (Å²) in [5.41, 5.74) is 0.734. The summed E-state index contributed by atoms with van der Waals surface area (Å²) in [5.74, 6) is -0.189. The van der Waals surface area contributed by atoms with Crippen LogP contribution < -0.4 is 5.32 Å². The van der Waals surface area contributed by atoms with Crippen molar-refractivity contribution < 1.29 is 14.4 Å². The molecule has 8 heteroatoms. The van der Waals surface area contributed by atoms with Gasteiger partial charge < -0.3 is 5.32 Å². The van der Waals surface area contributed by atoms with Crippen molar-refractivity contribution in [1.29, 1.82) is 0 Å². The molecule has 1 aliphatic rings. The summed E-state index contributed by atoms with van der Waals surface area (Å²) in [6.45, 7) is 4.42. The van der Waals surface area contributed by atoms with Gasteiger partial charge in [0.1, 0.15) is 4.88 Å². The molecular weight excluding hydrogens is 322 g/mol. The Balaban J connectivity index is 1.85. The van der Waals surface area contributed by atoms with Crippen molar-refractivity contribution in [2.45, 2.75) is 33.1 Å². The normalized spacial score (nSPS) is 14.7. The molecule has 120 valence electrons. The average molecular weight is 341 g/mol.